The van der Waals surface area contributed by atoms with Crippen molar-refractivity contribution in [2.75, 3.05) is 20.5 Å². The fourth-order valence-electron chi connectivity index (χ4n) is 4.43. The fourth-order valence-corrected chi connectivity index (χ4v) is 4.90. The van der Waals surface area contributed by atoms with Gasteiger partial charge in [0.05, 0.1) is 30.7 Å². The Morgan fingerprint density at radius 2 is 1.78 bits per heavy atom. The van der Waals surface area contributed by atoms with Crippen LogP contribution in [0.4, 0.5) is 0 Å². The molecule has 1 aliphatic carbocycles. The van der Waals surface area contributed by atoms with Crippen molar-refractivity contribution >= 4 is 23.6 Å². The van der Waals surface area contributed by atoms with Gasteiger partial charge in [0.2, 0.25) is 11.7 Å². The number of amides is 1. The summed E-state index contributed by atoms with van der Waals surface area (Å²) < 4.78 is 17.2. The summed E-state index contributed by atoms with van der Waals surface area (Å²) in [7, 11) is 2.98. The number of nitrogens with zero attached hydrogens (tertiary/aromatic N) is 1. The second-order valence-electron chi connectivity index (χ2n) is 8.17. The Balaban J connectivity index is 1.95. The number of aryl methyl sites for hydroxylation is 1. The van der Waals surface area contributed by atoms with Gasteiger partial charge in [0.1, 0.15) is 0 Å². The molecule has 0 saturated carbocycles. The number of carbonyl (C=O) groups is 2. The number of esters is 1. The molecule has 0 saturated heterocycles. The predicted octanol–water partition coefficient (Wildman–Crippen LogP) is 4.19. The zero-order valence-corrected chi connectivity index (χ0v) is 21.2. The Kier molecular flexibility index (Phi) is 7.59. The highest BCUT2D eigenvalue weighted by Crippen LogP contribution is 2.50. The van der Waals surface area contributed by atoms with E-state index in [1.807, 2.05) is 12.3 Å². The molecule has 4 rings (SSSR count). The van der Waals surface area contributed by atoms with Crippen LogP contribution in [0.3, 0.4) is 0 Å². The van der Waals surface area contributed by atoms with Crippen molar-refractivity contribution in [1.82, 2.24) is 10.3 Å². The summed E-state index contributed by atoms with van der Waals surface area (Å²) in [6, 6.07) is 9.72. The molecule has 1 amide bonds. The lowest BCUT2D eigenvalue weighted by atomic mass is 9.95. The van der Waals surface area contributed by atoms with E-state index in [2.05, 4.69) is 10.3 Å². The summed E-state index contributed by atoms with van der Waals surface area (Å²) in [4.78, 5) is 42.3. The quantitative estimate of drug-likeness (QED) is 0.302. The minimum absolute atomic E-state index is 0.128. The Morgan fingerprint density at radius 1 is 1.06 bits per heavy atom. The van der Waals surface area contributed by atoms with Crippen LogP contribution in [0, 0.1) is 0 Å². The summed E-state index contributed by atoms with van der Waals surface area (Å²) in [6.45, 7) is 1.45. The minimum atomic E-state index is -0.560. The van der Waals surface area contributed by atoms with Gasteiger partial charge in [-0.3, -0.25) is 14.6 Å². The number of benzene rings is 1. The zero-order valence-electron chi connectivity index (χ0n) is 20.4. The molecule has 9 heteroatoms. The van der Waals surface area contributed by atoms with E-state index in [1.54, 1.807) is 30.3 Å². The van der Waals surface area contributed by atoms with Crippen LogP contribution in [0.15, 0.2) is 58.5 Å². The molecule has 36 heavy (non-hydrogen) atoms. The van der Waals surface area contributed by atoms with Crippen LogP contribution in [0.25, 0.3) is 11.1 Å². The Morgan fingerprint density at radius 3 is 2.42 bits per heavy atom. The summed E-state index contributed by atoms with van der Waals surface area (Å²) in [5.41, 5.74) is 3.21. The summed E-state index contributed by atoms with van der Waals surface area (Å²) in [6.07, 6.45) is 5.93. The topological polar surface area (TPSA) is 104 Å². The van der Waals surface area contributed by atoms with E-state index < -0.39 is 12.0 Å². The number of rotatable bonds is 6. The van der Waals surface area contributed by atoms with Gasteiger partial charge in [0, 0.05) is 24.9 Å². The molecule has 1 heterocycles. The van der Waals surface area contributed by atoms with E-state index in [0.717, 1.165) is 16.7 Å². The van der Waals surface area contributed by atoms with Crippen molar-refractivity contribution in [2.45, 2.75) is 30.7 Å². The van der Waals surface area contributed by atoms with Gasteiger partial charge in [-0.1, -0.05) is 6.07 Å². The first kappa shape index (κ1) is 25.2. The monoisotopic (exact) mass is 506 g/mol. The molecule has 0 radical (unpaired) electrons. The molecule has 0 spiro atoms. The molecule has 1 atom stereocenters. The van der Waals surface area contributed by atoms with Gasteiger partial charge < -0.3 is 19.5 Å². The second-order valence-corrected chi connectivity index (χ2v) is 9.02. The number of fused-ring (bicyclic) bond motifs is 3. The second kappa shape index (κ2) is 10.8. The summed E-state index contributed by atoms with van der Waals surface area (Å²) >= 11 is 1.36. The van der Waals surface area contributed by atoms with E-state index >= 15 is 0 Å². The van der Waals surface area contributed by atoms with Crippen LogP contribution >= 0.6 is 11.8 Å². The van der Waals surface area contributed by atoms with Gasteiger partial charge in [0.15, 0.2) is 16.9 Å². The Hall–Kier alpha value is -3.85. The fraction of sp³-hybridized carbons (Fsp3) is 0.259. The maximum Gasteiger partial charge on any atom is 0.343 e. The number of hydrogen-bond acceptors (Lipinski definition) is 8. The van der Waals surface area contributed by atoms with Crippen LogP contribution in [0.5, 0.6) is 17.2 Å². The van der Waals surface area contributed by atoms with Crippen molar-refractivity contribution < 1.29 is 23.8 Å². The highest BCUT2D eigenvalue weighted by Gasteiger charge is 2.30. The molecule has 0 unspecified atom stereocenters. The maximum atomic E-state index is 12.9. The van der Waals surface area contributed by atoms with Crippen molar-refractivity contribution in [2.24, 2.45) is 0 Å². The van der Waals surface area contributed by atoms with E-state index in [9.17, 15) is 14.4 Å². The van der Waals surface area contributed by atoms with Crippen LogP contribution in [-0.2, 0) is 11.2 Å². The molecule has 1 N–H and O–H groups in total. The number of nitrogens with one attached hydrogen (secondary N) is 1. The number of pyridine rings is 1. The smallest absolute Gasteiger partial charge is 0.343 e. The first-order chi connectivity index (χ1) is 17.4. The van der Waals surface area contributed by atoms with Crippen molar-refractivity contribution in [3.8, 4) is 28.4 Å². The third-order valence-electron chi connectivity index (χ3n) is 6.00. The highest BCUT2D eigenvalue weighted by molar-refractivity contribution is 7.98. The van der Waals surface area contributed by atoms with Gasteiger partial charge >= 0.3 is 5.97 Å². The van der Waals surface area contributed by atoms with Crippen molar-refractivity contribution in [3.05, 3.63) is 75.7 Å². The molecule has 1 aromatic heterocycles. The Labute approximate surface area is 213 Å². The minimum Gasteiger partial charge on any atom is -0.492 e. The number of methoxy groups -OCH3 is 2. The average molecular weight is 507 g/mol. The van der Waals surface area contributed by atoms with E-state index in [1.165, 1.54) is 45.3 Å². The van der Waals surface area contributed by atoms with Gasteiger partial charge in [-0.25, -0.2) is 4.79 Å². The summed E-state index contributed by atoms with van der Waals surface area (Å²) in [5, 5.41) is 2.98. The molecule has 1 aliphatic rings. The first-order valence-electron chi connectivity index (χ1n) is 11.3. The van der Waals surface area contributed by atoms with Gasteiger partial charge in [-0.15, -0.1) is 11.8 Å². The van der Waals surface area contributed by atoms with E-state index in [4.69, 9.17) is 14.2 Å². The largest absolute Gasteiger partial charge is 0.492 e. The van der Waals surface area contributed by atoms with Crippen LogP contribution in [-0.4, -0.2) is 37.3 Å². The summed E-state index contributed by atoms with van der Waals surface area (Å²) in [5.74, 6) is 0.0829. The third-order valence-corrected chi connectivity index (χ3v) is 6.77. The molecular formula is C27H26N2O6S. The highest BCUT2D eigenvalue weighted by atomic mass is 32.2. The standard InChI is InChI=1S/C27H26N2O6S/c1-15(30)29-20-7-5-17-13-22(35-27(32)16-9-11-28-12-10-16)25(33-2)26(34-3)24(17)18-6-8-23(36-4)21(31)14-19(18)20/h6,8-14,20H,5,7H2,1-4H3,(H,29,30)/t20-/m0/s1. The lowest BCUT2D eigenvalue weighted by Crippen LogP contribution is -2.26. The average Bonchev–Trinajstić information content (AvgIpc) is 3.12. The van der Waals surface area contributed by atoms with E-state index in [0.29, 0.717) is 34.6 Å². The van der Waals surface area contributed by atoms with E-state index in [-0.39, 0.29) is 22.8 Å². The van der Waals surface area contributed by atoms with Crippen LogP contribution < -0.4 is 25.0 Å². The SMILES string of the molecule is COc1c(OC(=O)c2ccncc2)cc2c(c1OC)-c1ccc(SC)c(=O)cc1[C@@H](NC(C)=O)CC2. The normalized spacial score (nSPS) is 14.1. The Bertz CT molecular complexity index is 1380. The molecular weight excluding hydrogens is 480 g/mol. The van der Waals surface area contributed by atoms with Crippen LogP contribution in [0.2, 0.25) is 0 Å². The molecule has 186 valence electrons. The lowest BCUT2D eigenvalue weighted by molar-refractivity contribution is -0.119. The zero-order chi connectivity index (χ0) is 25.8. The third kappa shape index (κ3) is 4.92. The maximum absolute atomic E-state index is 12.9. The molecule has 0 bridgehead atoms. The molecule has 8 nitrogen and oxygen atoms in total. The van der Waals surface area contributed by atoms with Gasteiger partial charge in [-0.05, 0) is 66.1 Å². The molecule has 2 aromatic carbocycles. The molecule has 0 fully saturated rings. The lowest BCUT2D eigenvalue weighted by Gasteiger charge is -2.20. The molecule has 0 aliphatic heterocycles. The van der Waals surface area contributed by atoms with Crippen molar-refractivity contribution in [3.63, 3.8) is 0 Å². The van der Waals surface area contributed by atoms with Gasteiger partial charge in [-0.2, -0.15) is 0 Å². The number of aromatic nitrogens is 1. The number of carbonyl (C=O) groups excluding carboxylic acids is 2. The predicted molar refractivity (Wildman–Crippen MR) is 137 cm³/mol. The van der Waals surface area contributed by atoms with Gasteiger partial charge in [0.25, 0.3) is 0 Å². The van der Waals surface area contributed by atoms with Crippen molar-refractivity contribution in [1.29, 1.82) is 0 Å². The number of thioether (sulfide) groups is 1. The molecule has 3 aromatic rings. The first-order valence-corrected chi connectivity index (χ1v) is 12.5. The number of hydrogen-bond donors (Lipinski definition) is 1. The number of ether oxygens (including phenoxy) is 3. The van der Waals surface area contributed by atoms with Crippen LogP contribution in [0.1, 0.15) is 40.9 Å².